The van der Waals surface area contributed by atoms with Gasteiger partial charge in [-0.15, -0.1) is 0 Å². The Labute approximate surface area is 89.6 Å². The molecule has 1 aromatic heterocycles. The van der Waals surface area contributed by atoms with E-state index in [1.165, 1.54) is 5.56 Å². The van der Waals surface area contributed by atoms with Crippen LogP contribution in [0.15, 0.2) is 43.0 Å². The molecule has 2 rings (SSSR count). The summed E-state index contributed by atoms with van der Waals surface area (Å²) in [6.45, 7) is 0.994. The van der Waals surface area contributed by atoms with Crippen LogP contribution in [0.5, 0.6) is 0 Å². The van der Waals surface area contributed by atoms with E-state index in [2.05, 4.69) is 15.6 Å². The van der Waals surface area contributed by atoms with Gasteiger partial charge in [0.1, 0.15) is 0 Å². The number of anilines is 1. The second-order valence-electron chi connectivity index (χ2n) is 3.60. The maximum absolute atomic E-state index is 5.86. The number of hydrogen-bond acceptors (Lipinski definition) is 2. The van der Waals surface area contributed by atoms with Crippen LogP contribution in [0.25, 0.3) is 0 Å². The molecular formula is C12H15N3. The molecule has 0 atom stereocenters. The van der Waals surface area contributed by atoms with E-state index in [4.69, 9.17) is 5.73 Å². The van der Waals surface area contributed by atoms with Gasteiger partial charge >= 0.3 is 0 Å². The molecule has 1 heterocycles. The largest absolute Gasteiger partial charge is 0.399 e. The zero-order valence-electron chi connectivity index (χ0n) is 8.63. The van der Waals surface area contributed by atoms with E-state index in [9.17, 15) is 0 Å². The lowest BCUT2D eigenvalue weighted by Gasteiger charge is -2.05. The van der Waals surface area contributed by atoms with Gasteiger partial charge in [0, 0.05) is 24.6 Å². The Kier molecular flexibility index (Phi) is 3.02. The normalized spacial score (nSPS) is 10.4. The predicted molar refractivity (Wildman–Crippen MR) is 61.4 cm³/mol. The van der Waals surface area contributed by atoms with Gasteiger partial charge in [-0.1, -0.05) is 18.2 Å². The first-order chi connectivity index (χ1) is 7.36. The van der Waals surface area contributed by atoms with Gasteiger partial charge < -0.3 is 10.3 Å². The molecular weight excluding hydrogens is 186 g/mol. The Hall–Kier alpha value is -1.77. The molecule has 3 nitrogen and oxygen atoms in total. The van der Waals surface area contributed by atoms with Gasteiger partial charge in [-0.3, -0.25) is 0 Å². The zero-order chi connectivity index (χ0) is 10.5. The summed E-state index contributed by atoms with van der Waals surface area (Å²) in [6.07, 6.45) is 7.73. The van der Waals surface area contributed by atoms with Crippen molar-refractivity contribution in [1.82, 2.24) is 9.55 Å². The molecule has 0 unspecified atom stereocenters. The predicted octanol–water partition coefficient (Wildman–Crippen LogP) is 2.10. The van der Waals surface area contributed by atoms with Gasteiger partial charge in [0.2, 0.25) is 0 Å². The SMILES string of the molecule is Nc1ccccc1CCCn1ccnc1. The minimum absolute atomic E-state index is 0.892. The summed E-state index contributed by atoms with van der Waals surface area (Å²) in [4.78, 5) is 4.00. The summed E-state index contributed by atoms with van der Waals surface area (Å²) in [7, 11) is 0. The summed E-state index contributed by atoms with van der Waals surface area (Å²) in [5, 5.41) is 0. The van der Waals surface area contributed by atoms with E-state index in [-0.39, 0.29) is 0 Å². The van der Waals surface area contributed by atoms with E-state index >= 15 is 0 Å². The molecule has 2 N–H and O–H groups in total. The number of nitrogens with two attached hydrogens (primary N) is 1. The van der Waals surface area contributed by atoms with Crippen LogP contribution in [0.3, 0.4) is 0 Å². The van der Waals surface area contributed by atoms with Crippen LogP contribution in [0.1, 0.15) is 12.0 Å². The lowest BCUT2D eigenvalue weighted by atomic mass is 10.1. The van der Waals surface area contributed by atoms with Crippen LogP contribution < -0.4 is 5.73 Å². The number of hydrogen-bond donors (Lipinski definition) is 1. The summed E-state index contributed by atoms with van der Waals surface area (Å²) in [6, 6.07) is 8.04. The number of imidazole rings is 1. The lowest BCUT2D eigenvalue weighted by Crippen LogP contribution is -1.99. The molecule has 15 heavy (non-hydrogen) atoms. The highest BCUT2D eigenvalue weighted by atomic mass is 15.0. The van der Waals surface area contributed by atoms with Gasteiger partial charge in [0.15, 0.2) is 0 Å². The molecule has 78 valence electrons. The molecule has 0 amide bonds. The Bertz CT molecular complexity index is 407. The van der Waals surface area contributed by atoms with Gasteiger partial charge in [-0.05, 0) is 24.5 Å². The summed E-state index contributed by atoms with van der Waals surface area (Å²) in [5.74, 6) is 0. The summed E-state index contributed by atoms with van der Waals surface area (Å²) >= 11 is 0. The minimum atomic E-state index is 0.892. The lowest BCUT2D eigenvalue weighted by molar-refractivity contribution is 0.642. The van der Waals surface area contributed by atoms with Crippen LogP contribution in [-0.4, -0.2) is 9.55 Å². The van der Waals surface area contributed by atoms with Crippen molar-refractivity contribution in [2.75, 3.05) is 5.73 Å². The molecule has 3 heteroatoms. The summed E-state index contributed by atoms with van der Waals surface area (Å²) < 4.78 is 2.08. The van der Waals surface area contributed by atoms with E-state index in [0.717, 1.165) is 25.1 Å². The molecule has 1 aromatic carbocycles. The Balaban J connectivity index is 1.86. The first-order valence-electron chi connectivity index (χ1n) is 5.15. The fourth-order valence-electron chi connectivity index (χ4n) is 1.63. The number of nitrogen functional groups attached to an aromatic ring is 1. The molecule has 0 fully saturated rings. The van der Waals surface area contributed by atoms with Gasteiger partial charge in [0.25, 0.3) is 0 Å². The third-order valence-corrected chi connectivity index (χ3v) is 2.48. The molecule has 0 radical (unpaired) electrons. The van der Waals surface area contributed by atoms with E-state index in [0.29, 0.717) is 0 Å². The Morgan fingerprint density at radius 1 is 1.27 bits per heavy atom. The van der Waals surface area contributed by atoms with Gasteiger partial charge in [-0.25, -0.2) is 4.98 Å². The van der Waals surface area contributed by atoms with E-state index < -0.39 is 0 Å². The molecule has 0 bridgehead atoms. The standard InChI is InChI=1S/C12H15N3/c13-12-6-2-1-4-11(12)5-3-8-15-9-7-14-10-15/h1-2,4,6-7,9-10H,3,5,8,13H2. The Morgan fingerprint density at radius 3 is 2.87 bits per heavy atom. The second kappa shape index (κ2) is 4.64. The average Bonchev–Trinajstić information content (AvgIpc) is 2.74. The van der Waals surface area contributed by atoms with Crippen molar-refractivity contribution >= 4 is 5.69 Å². The molecule has 2 aromatic rings. The molecule has 0 saturated heterocycles. The minimum Gasteiger partial charge on any atom is -0.399 e. The smallest absolute Gasteiger partial charge is 0.0945 e. The van der Waals surface area contributed by atoms with Crippen molar-refractivity contribution in [3.63, 3.8) is 0 Å². The number of nitrogens with zero attached hydrogens (tertiary/aromatic N) is 2. The number of benzene rings is 1. The zero-order valence-corrected chi connectivity index (χ0v) is 8.63. The maximum Gasteiger partial charge on any atom is 0.0945 e. The van der Waals surface area contributed by atoms with Crippen LogP contribution in [0, 0.1) is 0 Å². The van der Waals surface area contributed by atoms with E-state index in [1.54, 1.807) is 6.20 Å². The molecule has 0 aliphatic rings. The van der Waals surface area contributed by atoms with Crippen molar-refractivity contribution in [2.24, 2.45) is 0 Å². The fourth-order valence-corrected chi connectivity index (χ4v) is 1.63. The van der Waals surface area contributed by atoms with Crippen LogP contribution in [-0.2, 0) is 13.0 Å². The van der Waals surface area contributed by atoms with Crippen molar-refractivity contribution in [3.8, 4) is 0 Å². The third kappa shape index (κ3) is 2.59. The monoisotopic (exact) mass is 201 g/mol. The Morgan fingerprint density at radius 2 is 2.13 bits per heavy atom. The van der Waals surface area contributed by atoms with Crippen LogP contribution in [0.4, 0.5) is 5.69 Å². The highest BCUT2D eigenvalue weighted by molar-refractivity contribution is 5.46. The second-order valence-corrected chi connectivity index (χ2v) is 3.60. The summed E-state index contributed by atoms with van der Waals surface area (Å²) in [5.41, 5.74) is 7.99. The van der Waals surface area contributed by atoms with Crippen molar-refractivity contribution < 1.29 is 0 Å². The average molecular weight is 201 g/mol. The maximum atomic E-state index is 5.86. The highest BCUT2D eigenvalue weighted by Gasteiger charge is 1.97. The quantitative estimate of drug-likeness (QED) is 0.770. The van der Waals surface area contributed by atoms with Crippen LogP contribution in [0.2, 0.25) is 0 Å². The molecule has 0 saturated carbocycles. The first kappa shape index (κ1) is 9.77. The molecule has 0 spiro atoms. The third-order valence-electron chi connectivity index (χ3n) is 2.48. The fraction of sp³-hybridized carbons (Fsp3) is 0.250. The number of para-hydroxylation sites is 1. The van der Waals surface area contributed by atoms with Gasteiger partial charge in [0.05, 0.1) is 6.33 Å². The molecule has 0 aliphatic carbocycles. The number of aromatic nitrogens is 2. The first-order valence-corrected chi connectivity index (χ1v) is 5.15. The highest BCUT2D eigenvalue weighted by Crippen LogP contribution is 2.12. The van der Waals surface area contributed by atoms with Crippen molar-refractivity contribution in [2.45, 2.75) is 19.4 Å². The van der Waals surface area contributed by atoms with Gasteiger partial charge in [-0.2, -0.15) is 0 Å². The number of aryl methyl sites for hydroxylation is 2. The van der Waals surface area contributed by atoms with E-state index in [1.807, 2.05) is 30.7 Å². The molecule has 0 aliphatic heterocycles. The topological polar surface area (TPSA) is 43.8 Å². The number of rotatable bonds is 4. The van der Waals surface area contributed by atoms with Crippen molar-refractivity contribution in [3.05, 3.63) is 48.5 Å². The van der Waals surface area contributed by atoms with Crippen molar-refractivity contribution in [1.29, 1.82) is 0 Å². The van der Waals surface area contributed by atoms with Crippen LogP contribution >= 0.6 is 0 Å².